The fourth-order valence-electron chi connectivity index (χ4n) is 6.61. The van der Waals surface area contributed by atoms with Crippen molar-refractivity contribution in [3.05, 3.63) is 84.9 Å². The number of rotatable bonds is 9. The molecule has 2 fully saturated rings. The average Bonchev–Trinajstić information content (AvgIpc) is 3.79. The third-order valence-electron chi connectivity index (χ3n) is 9.35. The number of carbonyl (C=O) groups excluding carboxylic acids is 1. The van der Waals surface area contributed by atoms with Gasteiger partial charge in [-0.05, 0) is 97.9 Å². The first-order chi connectivity index (χ1) is 22.6. The second kappa shape index (κ2) is 12.1. The first-order valence-electron chi connectivity index (χ1n) is 16.1. The average molecular weight is 615 g/mol. The second-order valence-electron chi connectivity index (χ2n) is 12.4. The predicted molar refractivity (Wildman–Crippen MR) is 179 cm³/mol. The van der Waals surface area contributed by atoms with E-state index in [0.717, 1.165) is 94.3 Å². The van der Waals surface area contributed by atoms with E-state index < -0.39 is 0 Å². The molecular formula is C37H35FN6O2. The Hall–Kier alpha value is -5.02. The molecule has 4 heterocycles. The van der Waals surface area contributed by atoms with Gasteiger partial charge in [-0.3, -0.25) is 19.8 Å². The highest BCUT2D eigenvalue weighted by Crippen LogP contribution is 2.37. The number of amides is 1. The van der Waals surface area contributed by atoms with Crippen LogP contribution in [0.5, 0.6) is 5.75 Å². The minimum absolute atomic E-state index is 0.0652. The van der Waals surface area contributed by atoms with Gasteiger partial charge in [-0.1, -0.05) is 24.6 Å². The minimum Gasteiger partial charge on any atom is -0.492 e. The van der Waals surface area contributed by atoms with Crippen LogP contribution in [0.3, 0.4) is 0 Å². The van der Waals surface area contributed by atoms with E-state index in [-0.39, 0.29) is 17.6 Å². The van der Waals surface area contributed by atoms with Gasteiger partial charge in [0.25, 0.3) is 0 Å². The molecule has 0 atom stereocenters. The van der Waals surface area contributed by atoms with Crippen molar-refractivity contribution in [1.29, 1.82) is 0 Å². The Bertz CT molecular complexity index is 2060. The molecule has 232 valence electrons. The molecule has 1 saturated carbocycles. The molecule has 8 nitrogen and oxygen atoms in total. The van der Waals surface area contributed by atoms with Crippen molar-refractivity contribution in [2.75, 3.05) is 31.6 Å². The predicted octanol–water partition coefficient (Wildman–Crippen LogP) is 7.79. The van der Waals surface area contributed by atoms with Crippen LogP contribution in [0, 0.1) is 11.7 Å². The molecule has 1 aliphatic carbocycles. The topological polar surface area (TPSA) is 98.9 Å². The number of nitrogens with zero attached hydrogens (tertiary/aromatic N) is 3. The van der Waals surface area contributed by atoms with Gasteiger partial charge >= 0.3 is 0 Å². The minimum atomic E-state index is -0.326. The summed E-state index contributed by atoms with van der Waals surface area (Å²) in [5.74, 6) is 0.379. The van der Waals surface area contributed by atoms with E-state index in [4.69, 9.17) is 4.74 Å². The number of halogens is 1. The summed E-state index contributed by atoms with van der Waals surface area (Å²) < 4.78 is 20.8. The molecule has 3 aromatic carbocycles. The molecule has 3 aromatic heterocycles. The summed E-state index contributed by atoms with van der Waals surface area (Å²) in [6.07, 6.45) is 8.96. The molecule has 8 rings (SSSR count). The summed E-state index contributed by atoms with van der Waals surface area (Å²) in [7, 11) is 0. The highest BCUT2D eigenvalue weighted by Gasteiger charge is 2.25. The maximum Gasteiger partial charge on any atom is 0.227 e. The Morgan fingerprint density at radius 1 is 0.913 bits per heavy atom. The summed E-state index contributed by atoms with van der Waals surface area (Å²) in [4.78, 5) is 22.8. The molecule has 0 unspecified atom stereocenters. The Kier molecular flexibility index (Phi) is 7.46. The number of benzene rings is 3. The van der Waals surface area contributed by atoms with Crippen LogP contribution in [-0.4, -0.2) is 57.2 Å². The summed E-state index contributed by atoms with van der Waals surface area (Å²) in [6, 6.07) is 21.1. The largest absolute Gasteiger partial charge is 0.492 e. The molecule has 2 aliphatic rings. The molecule has 0 bridgehead atoms. The van der Waals surface area contributed by atoms with Crippen LogP contribution in [0.25, 0.3) is 55.4 Å². The smallest absolute Gasteiger partial charge is 0.227 e. The molecule has 6 aromatic rings. The first-order valence-corrected chi connectivity index (χ1v) is 16.1. The van der Waals surface area contributed by atoms with Crippen LogP contribution >= 0.6 is 0 Å². The lowest BCUT2D eigenvalue weighted by molar-refractivity contribution is -0.122. The van der Waals surface area contributed by atoms with Crippen LogP contribution in [-0.2, 0) is 4.79 Å². The van der Waals surface area contributed by atoms with Crippen molar-refractivity contribution in [3.8, 4) is 39.4 Å². The van der Waals surface area contributed by atoms with E-state index in [9.17, 15) is 9.18 Å². The number of carbonyl (C=O) groups is 1. The second-order valence-corrected chi connectivity index (χ2v) is 12.4. The number of nitrogens with one attached hydrogen (secondary N) is 3. The molecule has 46 heavy (non-hydrogen) atoms. The fourth-order valence-corrected chi connectivity index (χ4v) is 6.61. The van der Waals surface area contributed by atoms with Crippen LogP contribution in [0.1, 0.15) is 32.1 Å². The normalized spacial score (nSPS) is 15.4. The summed E-state index contributed by atoms with van der Waals surface area (Å²) in [5.41, 5.74) is 7.72. The van der Waals surface area contributed by atoms with Crippen molar-refractivity contribution in [2.24, 2.45) is 5.92 Å². The number of hydrogen-bond donors (Lipinski definition) is 3. The zero-order valence-corrected chi connectivity index (χ0v) is 25.5. The zero-order valence-electron chi connectivity index (χ0n) is 25.5. The molecule has 1 amide bonds. The highest BCUT2D eigenvalue weighted by molar-refractivity contribution is 6.02. The highest BCUT2D eigenvalue weighted by atomic mass is 19.1. The quantitative estimate of drug-likeness (QED) is 0.154. The van der Waals surface area contributed by atoms with Gasteiger partial charge in [0.2, 0.25) is 5.91 Å². The maximum atomic E-state index is 14.8. The van der Waals surface area contributed by atoms with Gasteiger partial charge in [-0.15, -0.1) is 0 Å². The number of fused-ring (bicyclic) bond motifs is 2. The Labute approximate surface area is 266 Å². The van der Waals surface area contributed by atoms with Gasteiger partial charge in [0.1, 0.15) is 23.9 Å². The van der Waals surface area contributed by atoms with Gasteiger partial charge in [0, 0.05) is 46.6 Å². The third kappa shape index (κ3) is 5.63. The van der Waals surface area contributed by atoms with E-state index >= 15 is 0 Å². The van der Waals surface area contributed by atoms with Crippen molar-refractivity contribution in [2.45, 2.75) is 32.1 Å². The zero-order chi connectivity index (χ0) is 31.0. The molecular weight excluding hydrogens is 579 g/mol. The number of H-pyrrole nitrogens is 2. The number of ether oxygens (including phenoxy) is 1. The van der Waals surface area contributed by atoms with Crippen molar-refractivity contribution in [1.82, 2.24) is 25.1 Å². The van der Waals surface area contributed by atoms with Crippen molar-refractivity contribution in [3.63, 3.8) is 0 Å². The number of aromatic amines is 2. The number of pyridine rings is 1. The molecule has 9 heteroatoms. The Morgan fingerprint density at radius 2 is 1.80 bits per heavy atom. The van der Waals surface area contributed by atoms with Crippen LogP contribution in [0.2, 0.25) is 0 Å². The van der Waals surface area contributed by atoms with E-state index in [0.29, 0.717) is 18.0 Å². The number of aromatic nitrogens is 4. The van der Waals surface area contributed by atoms with E-state index in [1.165, 1.54) is 18.9 Å². The first kappa shape index (κ1) is 28.5. The lowest BCUT2D eigenvalue weighted by atomic mass is 9.85. The Balaban J connectivity index is 1.09. The monoisotopic (exact) mass is 614 g/mol. The van der Waals surface area contributed by atoms with Gasteiger partial charge in [0.05, 0.1) is 23.1 Å². The third-order valence-corrected chi connectivity index (χ3v) is 9.35. The SMILES string of the molecule is O=C(Nc1cncc(-c2ccc3[nH]nc(-c4cc5c(-c6cc(F)cc(OCCN7CCCC7)c6)cccc5[nH]4)c3c2)c1)C1CCC1. The molecule has 0 radical (unpaired) electrons. The van der Waals surface area contributed by atoms with Crippen LogP contribution in [0.4, 0.5) is 10.1 Å². The van der Waals surface area contributed by atoms with Gasteiger partial charge in [-0.2, -0.15) is 5.10 Å². The van der Waals surface area contributed by atoms with Crippen LogP contribution < -0.4 is 10.1 Å². The van der Waals surface area contributed by atoms with Crippen molar-refractivity contribution < 1.29 is 13.9 Å². The van der Waals surface area contributed by atoms with Crippen molar-refractivity contribution >= 4 is 33.4 Å². The summed E-state index contributed by atoms with van der Waals surface area (Å²) in [5, 5.41) is 12.8. The molecule has 0 spiro atoms. The Morgan fingerprint density at radius 3 is 2.65 bits per heavy atom. The fraction of sp³-hybridized carbons (Fsp3) is 0.270. The molecule has 1 aliphatic heterocycles. The number of anilines is 1. The molecule has 1 saturated heterocycles. The summed E-state index contributed by atoms with van der Waals surface area (Å²) in [6.45, 7) is 3.59. The maximum absolute atomic E-state index is 14.8. The lowest BCUT2D eigenvalue weighted by Gasteiger charge is -2.24. The van der Waals surface area contributed by atoms with E-state index in [1.54, 1.807) is 18.5 Å². The van der Waals surface area contributed by atoms with Gasteiger partial charge in [0.15, 0.2) is 0 Å². The van der Waals surface area contributed by atoms with Gasteiger partial charge < -0.3 is 15.0 Å². The summed E-state index contributed by atoms with van der Waals surface area (Å²) >= 11 is 0. The van der Waals surface area contributed by atoms with E-state index in [1.807, 2.05) is 42.5 Å². The van der Waals surface area contributed by atoms with Crippen LogP contribution in [0.15, 0.2) is 79.1 Å². The van der Waals surface area contributed by atoms with E-state index in [2.05, 4.69) is 42.5 Å². The lowest BCUT2D eigenvalue weighted by Crippen LogP contribution is -2.28. The molecule has 3 N–H and O–H groups in total. The number of likely N-dealkylation sites (tertiary alicyclic amines) is 1. The standard InChI is InChI=1S/C37H35FN6O2/c38-27-15-25(17-29(19-27)46-14-13-44-11-1-2-12-44)30-7-4-8-33-31(30)20-35(41-33)36-32-18-24(9-10-34(32)42-43-36)26-16-28(22-39-21-26)40-37(45)23-5-3-6-23/h4,7-10,15-23,41H,1-3,5-6,11-14H2,(H,40,45)(H,42,43). The van der Waals surface area contributed by atoms with Gasteiger partial charge in [-0.25, -0.2) is 4.39 Å². The number of hydrogen-bond acceptors (Lipinski definition) is 5.